The van der Waals surface area contributed by atoms with Crippen LogP contribution in [0.5, 0.6) is 0 Å². The highest BCUT2D eigenvalue weighted by atomic mass is 16.5. The summed E-state index contributed by atoms with van der Waals surface area (Å²) in [7, 11) is 0. The van der Waals surface area contributed by atoms with E-state index in [9.17, 15) is 4.79 Å². The second-order valence-corrected chi connectivity index (χ2v) is 6.07. The van der Waals surface area contributed by atoms with Crippen LogP contribution in [0.3, 0.4) is 0 Å². The van der Waals surface area contributed by atoms with E-state index >= 15 is 0 Å². The fourth-order valence-corrected chi connectivity index (χ4v) is 2.86. The maximum Gasteiger partial charge on any atom is 0.201 e. The Morgan fingerprint density at radius 2 is 1.75 bits per heavy atom. The molecular weight excluding hydrogens is 248 g/mol. The zero-order valence-electron chi connectivity index (χ0n) is 13.2. The Morgan fingerprint density at radius 1 is 1.10 bits per heavy atom. The van der Waals surface area contributed by atoms with E-state index in [0.717, 1.165) is 19.4 Å². The second kappa shape index (κ2) is 12.4. The Hall–Kier alpha value is -0.370. The first-order valence-corrected chi connectivity index (χ1v) is 8.67. The van der Waals surface area contributed by atoms with E-state index in [2.05, 4.69) is 19.6 Å². The number of carbonyl (C=O) groups excluding carboxylic acids is 1. The number of rotatable bonds is 12. The molecule has 0 aromatic rings. The van der Waals surface area contributed by atoms with Crippen molar-refractivity contribution in [2.45, 2.75) is 90.1 Å². The van der Waals surface area contributed by atoms with E-state index in [1.165, 1.54) is 64.2 Å². The standard InChI is InChI=1S/C18H32O2/c1-2-17(16-19)12-8-5-3-4-6-11-15-20-18-13-9-7-10-14-18/h7,17-18H,2-6,8-15H2,1H3. The number of unbranched alkanes of at least 4 members (excludes halogenated alkanes) is 5. The largest absolute Gasteiger partial charge is 0.378 e. The smallest absolute Gasteiger partial charge is 0.201 e. The Kier molecular flexibility index (Phi) is 10.9. The van der Waals surface area contributed by atoms with Crippen molar-refractivity contribution >= 4 is 6.29 Å². The van der Waals surface area contributed by atoms with E-state index in [4.69, 9.17) is 4.74 Å². The maximum absolute atomic E-state index is 10.6. The molecule has 1 aliphatic carbocycles. The van der Waals surface area contributed by atoms with Crippen LogP contribution in [-0.2, 0) is 9.53 Å². The van der Waals surface area contributed by atoms with Gasteiger partial charge in [-0.3, -0.25) is 4.79 Å². The third-order valence-electron chi connectivity index (χ3n) is 4.35. The molecule has 0 aliphatic heterocycles. The monoisotopic (exact) mass is 280 g/mol. The molecular formula is C18H32O2. The Labute approximate surface area is 125 Å². The molecule has 1 fully saturated rings. The molecule has 1 saturated carbocycles. The van der Waals surface area contributed by atoms with Crippen LogP contribution in [0.2, 0.25) is 0 Å². The van der Waals surface area contributed by atoms with Crippen LogP contribution in [0.1, 0.15) is 84.0 Å². The first-order valence-electron chi connectivity index (χ1n) is 8.67. The predicted molar refractivity (Wildman–Crippen MR) is 84.3 cm³/mol. The zero-order chi connectivity index (χ0) is 14.5. The van der Waals surface area contributed by atoms with Gasteiger partial charge in [0, 0.05) is 12.5 Å². The molecule has 20 heavy (non-hydrogen) atoms. The number of ether oxygens (including phenoxy) is 1. The summed E-state index contributed by atoms with van der Waals surface area (Å²) in [4.78, 5) is 10.6. The highest BCUT2D eigenvalue weighted by molar-refractivity contribution is 5.54. The van der Waals surface area contributed by atoms with E-state index in [1.807, 2.05) is 0 Å². The van der Waals surface area contributed by atoms with Crippen LogP contribution in [0.4, 0.5) is 0 Å². The summed E-state index contributed by atoms with van der Waals surface area (Å²) in [6.45, 7) is 3.02. The van der Waals surface area contributed by atoms with Gasteiger partial charge in [-0.25, -0.2) is 0 Å². The minimum Gasteiger partial charge on any atom is -0.378 e. The van der Waals surface area contributed by atoms with Gasteiger partial charge < -0.3 is 4.74 Å². The van der Waals surface area contributed by atoms with Crippen molar-refractivity contribution in [1.29, 1.82) is 0 Å². The van der Waals surface area contributed by atoms with Gasteiger partial charge in [-0.15, -0.1) is 0 Å². The fraction of sp³-hybridized carbons (Fsp3) is 0.889. The first kappa shape index (κ1) is 17.7. The quantitative estimate of drug-likeness (QED) is 0.469. The summed E-state index contributed by atoms with van der Waals surface area (Å²) >= 11 is 0. The molecule has 1 rings (SSSR count). The third kappa shape index (κ3) is 8.73. The lowest BCUT2D eigenvalue weighted by Gasteiger charge is -2.21. The highest BCUT2D eigenvalue weighted by Crippen LogP contribution is 2.20. The van der Waals surface area contributed by atoms with Gasteiger partial charge in [-0.05, 0) is 51.4 Å². The SMILES string of the molecule is CCC([C]=O)CCCCCCCCOC1CC[CH]CC1. The molecule has 0 spiro atoms. The summed E-state index contributed by atoms with van der Waals surface area (Å²) in [6, 6.07) is 0. The van der Waals surface area contributed by atoms with Crippen LogP contribution in [0.25, 0.3) is 0 Å². The van der Waals surface area contributed by atoms with Crippen molar-refractivity contribution in [3.05, 3.63) is 6.42 Å². The zero-order valence-corrected chi connectivity index (χ0v) is 13.2. The Morgan fingerprint density at radius 3 is 2.40 bits per heavy atom. The summed E-state index contributed by atoms with van der Waals surface area (Å²) < 4.78 is 5.91. The van der Waals surface area contributed by atoms with Gasteiger partial charge in [0.25, 0.3) is 0 Å². The lowest BCUT2D eigenvalue weighted by Crippen LogP contribution is -2.17. The lowest BCUT2D eigenvalue weighted by molar-refractivity contribution is 0.0326. The summed E-state index contributed by atoms with van der Waals surface area (Å²) in [5, 5.41) is 0. The third-order valence-corrected chi connectivity index (χ3v) is 4.35. The van der Waals surface area contributed by atoms with Crippen molar-refractivity contribution in [2.24, 2.45) is 5.92 Å². The van der Waals surface area contributed by atoms with Crippen LogP contribution in [0.15, 0.2) is 0 Å². The van der Waals surface area contributed by atoms with Crippen molar-refractivity contribution in [3.8, 4) is 0 Å². The van der Waals surface area contributed by atoms with E-state index in [-0.39, 0.29) is 5.92 Å². The lowest BCUT2D eigenvalue weighted by atomic mass is 9.98. The molecule has 0 aromatic heterocycles. The van der Waals surface area contributed by atoms with Gasteiger partial charge in [0.1, 0.15) is 0 Å². The molecule has 0 amide bonds. The summed E-state index contributed by atoms with van der Waals surface area (Å²) in [6.07, 6.45) is 19.5. The second-order valence-electron chi connectivity index (χ2n) is 6.07. The molecule has 116 valence electrons. The Balaban J connectivity index is 1.79. The van der Waals surface area contributed by atoms with E-state index < -0.39 is 0 Å². The van der Waals surface area contributed by atoms with E-state index in [1.54, 1.807) is 0 Å². The Bertz CT molecular complexity index is 221. The molecule has 0 aromatic carbocycles. The topological polar surface area (TPSA) is 26.3 Å². The molecule has 2 nitrogen and oxygen atoms in total. The average Bonchev–Trinajstić information content (AvgIpc) is 2.50. The minimum absolute atomic E-state index is 0.177. The maximum atomic E-state index is 10.6. The first-order chi connectivity index (χ1) is 9.86. The highest BCUT2D eigenvalue weighted by Gasteiger charge is 2.13. The van der Waals surface area contributed by atoms with Gasteiger partial charge in [-0.1, -0.05) is 39.0 Å². The van der Waals surface area contributed by atoms with Crippen LogP contribution >= 0.6 is 0 Å². The fourth-order valence-electron chi connectivity index (χ4n) is 2.86. The molecule has 0 bridgehead atoms. The van der Waals surface area contributed by atoms with Gasteiger partial charge in [0.05, 0.1) is 6.10 Å². The van der Waals surface area contributed by atoms with Gasteiger partial charge >= 0.3 is 0 Å². The molecule has 0 saturated heterocycles. The predicted octanol–water partition coefficient (Wildman–Crippen LogP) is 5.02. The normalized spacial score (nSPS) is 18.1. The van der Waals surface area contributed by atoms with Crippen LogP contribution in [-0.4, -0.2) is 19.0 Å². The van der Waals surface area contributed by atoms with Crippen LogP contribution in [0, 0.1) is 12.3 Å². The minimum atomic E-state index is 0.177. The molecule has 0 heterocycles. The average molecular weight is 280 g/mol. The number of hydrogen-bond acceptors (Lipinski definition) is 2. The molecule has 2 heteroatoms. The van der Waals surface area contributed by atoms with Crippen molar-refractivity contribution in [1.82, 2.24) is 0 Å². The van der Waals surface area contributed by atoms with Crippen molar-refractivity contribution < 1.29 is 9.53 Å². The summed E-state index contributed by atoms with van der Waals surface area (Å²) in [5.74, 6) is 0.177. The van der Waals surface area contributed by atoms with Crippen molar-refractivity contribution in [3.63, 3.8) is 0 Å². The van der Waals surface area contributed by atoms with Gasteiger partial charge in [-0.2, -0.15) is 0 Å². The van der Waals surface area contributed by atoms with Crippen LogP contribution < -0.4 is 0 Å². The van der Waals surface area contributed by atoms with Gasteiger partial charge in [0.2, 0.25) is 6.29 Å². The van der Waals surface area contributed by atoms with E-state index in [0.29, 0.717) is 6.10 Å². The molecule has 1 aliphatic rings. The molecule has 2 radical (unpaired) electrons. The molecule has 1 atom stereocenters. The molecule has 0 N–H and O–H groups in total. The summed E-state index contributed by atoms with van der Waals surface area (Å²) in [5.41, 5.74) is 0. The number of hydrogen-bond donors (Lipinski definition) is 0. The molecule has 1 unspecified atom stereocenters. The van der Waals surface area contributed by atoms with Gasteiger partial charge in [0.15, 0.2) is 0 Å². The van der Waals surface area contributed by atoms with Crippen molar-refractivity contribution in [2.75, 3.05) is 6.61 Å².